The summed E-state index contributed by atoms with van der Waals surface area (Å²) in [5.41, 5.74) is 5.47. The number of aromatic nitrogens is 2. The van der Waals surface area contributed by atoms with E-state index in [1.807, 2.05) is 0 Å². The third-order valence-corrected chi connectivity index (χ3v) is 3.63. The molecule has 0 fully saturated rings. The highest BCUT2D eigenvalue weighted by molar-refractivity contribution is 7.89. The van der Waals surface area contributed by atoms with Gasteiger partial charge in [-0.1, -0.05) is 0 Å². The van der Waals surface area contributed by atoms with Gasteiger partial charge in [0, 0.05) is 20.2 Å². The van der Waals surface area contributed by atoms with Gasteiger partial charge in [-0.2, -0.15) is 0 Å². The van der Waals surface area contributed by atoms with Gasteiger partial charge in [0.15, 0.2) is 10.8 Å². The molecular weight excluding hydrogens is 232 g/mol. The van der Waals surface area contributed by atoms with Gasteiger partial charge in [-0.15, -0.1) is 0 Å². The number of imidazole rings is 1. The van der Waals surface area contributed by atoms with Crippen molar-refractivity contribution in [2.24, 2.45) is 7.05 Å². The zero-order valence-electron chi connectivity index (χ0n) is 9.05. The summed E-state index contributed by atoms with van der Waals surface area (Å²) in [5.74, 6) is -0.0165. The van der Waals surface area contributed by atoms with Gasteiger partial charge in [0.2, 0.25) is 0 Å². The van der Waals surface area contributed by atoms with Gasteiger partial charge in [-0.05, 0) is 12.8 Å². The van der Waals surface area contributed by atoms with Gasteiger partial charge in [0.05, 0.1) is 6.33 Å². The second-order valence-corrected chi connectivity index (χ2v) is 5.06. The molecule has 0 unspecified atom stereocenters. The van der Waals surface area contributed by atoms with Crippen molar-refractivity contribution in [3.63, 3.8) is 0 Å². The van der Waals surface area contributed by atoms with Crippen molar-refractivity contribution < 1.29 is 13.5 Å². The highest BCUT2D eigenvalue weighted by Gasteiger charge is 2.21. The minimum atomic E-state index is -3.61. The van der Waals surface area contributed by atoms with E-state index < -0.39 is 10.0 Å². The minimum Gasteiger partial charge on any atom is -0.396 e. The summed E-state index contributed by atoms with van der Waals surface area (Å²) in [6.07, 6.45) is 2.48. The van der Waals surface area contributed by atoms with Gasteiger partial charge in [-0.3, -0.25) is 0 Å². The van der Waals surface area contributed by atoms with Crippen LogP contribution in [0.4, 0.5) is 5.82 Å². The molecule has 4 N–H and O–H groups in total. The van der Waals surface area contributed by atoms with Crippen LogP contribution in [0.5, 0.6) is 0 Å². The van der Waals surface area contributed by atoms with Crippen LogP contribution in [-0.2, 0) is 17.1 Å². The number of nitrogens with two attached hydrogens (primary N) is 1. The van der Waals surface area contributed by atoms with Crippen LogP contribution in [0.15, 0.2) is 11.4 Å². The Morgan fingerprint density at radius 3 is 2.75 bits per heavy atom. The summed E-state index contributed by atoms with van der Waals surface area (Å²) in [5, 5.41) is 8.53. The first-order valence-electron chi connectivity index (χ1n) is 4.86. The van der Waals surface area contributed by atoms with E-state index in [1.165, 1.54) is 10.9 Å². The lowest BCUT2D eigenvalue weighted by atomic mass is 10.3. The largest absolute Gasteiger partial charge is 0.396 e. The Balaban J connectivity index is 2.71. The quantitative estimate of drug-likeness (QED) is 0.562. The summed E-state index contributed by atoms with van der Waals surface area (Å²) < 4.78 is 27.3. The van der Waals surface area contributed by atoms with Gasteiger partial charge >= 0.3 is 0 Å². The molecule has 1 heterocycles. The number of rotatable bonds is 6. The van der Waals surface area contributed by atoms with Crippen LogP contribution in [0.1, 0.15) is 12.8 Å². The summed E-state index contributed by atoms with van der Waals surface area (Å²) in [4.78, 5) is 3.71. The van der Waals surface area contributed by atoms with Crippen molar-refractivity contribution in [2.75, 3.05) is 18.9 Å². The molecule has 8 heteroatoms. The number of hydrogen-bond donors (Lipinski definition) is 3. The number of sulfonamides is 1. The SMILES string of the molecule is Cn1cnc(N)c1S(=O)(=O)NCCCCO. The number of hydrogen-bond acceptors (Lipinski definition) is 5. The van der Waals surface area contributed by atoms with Gasteiger partial charge < -0.3 is 15.4 Å². The monoisotopic (exact) mass is 248 g/mol. The van der Waals surface area contributed by atoms with Crippen LogP contribution in [0.2, 0.25) is 0 Å². The molecule has 0 radical (unpaired) electrons. The molecule has 0 aliphatic rings. The molecule has 0 bridgehead atoms. The minimum absolute atomic E-state index is 0.0165. The molecule has 1 aromatic heterocycles. The molecule has 16 heavy (non-hydrogen) atoms. The summed E-state index contributed by atoms with van der Waals surface area (Å²) >= 11 is 0. The predicted octanol–water partition coefficient (Wildman–Crippen LogP) is -0.947. The smallest absolute Gasteiger partial charge is 0.260 e. The highest BCUT2D eigenvalue weighted by atomic mass is 32.2. The molecule has 0 saturated carbocycles. The number of nitrogen functional groups attached to an aromatic ring is 1. The Morgan fingerprint density at radius 2 is 2.25 bits per heavy atom. The third kappa shape index (κ3) is 2.94. The fourth-order valence-corrected chi connectivity index (χ4v) is 2.58. The van der Waals surface area contributed by atoms with Crippen molar-refractivity contribution in [1.29, 1.82) is 0 Å². The fraction of sp³-hybridized carbons (Fsp3) is 0.625. The lowest BCUT2D eigenvalue weighted by Gasteiger charge is -2.07. The van der Waals surface area contributed by atoms with Crippen LogP contribution < -0.4 is 10.5 Å². The zero-order chi connectivity index (χ0) is 12.2. The van der Waals surface area contributed by atoms with Gasteiger partial charge in [0.1, 0.15) is 0 Å². The molecule has 1 rings (SSSR count). The Labute approximate surface area is 94.3 Å². The average molecular weight is 248 g/mol. The Kier molecular flexibility index (Phi) is 4.27. The molecule has 0 amide bonds. The maximum Gasteiger partial charge on any atom is 0.260 e. The Hall–Kier alpha value is -1.12. The van der Waals surface area contributed by atoms with E-state index in [4.69, 9.17) is 10.8 Å². The maximum absolute atomic E-state index is 11.8. The molecule has 1 aromatic rings. The van der Waals surface area contributed by atoms with E-state index in [0.717, 1.165) is 0 Å². The van der Waals surface area contributed by atoms with Crippen molar-refractivity contribution in [1.82, 2.24) is 14.3 Å². The third-order valence-electron chi connectivity index (χ3n) is 2.04. The number of aryl methyl sites for hydroxylation is 1. The Bertz CT molecular complexity index is 421. The summed E-state index contributed by atoms with van der Waals surface area (Å²) in [6, 6.07) is 0. The van der Waals surface area contributed by atoms with Crippen LogP contribution in [0.3, 0.4) is 0 Å². The van der Waals surface area contributed by atoms with Crippen molar-refractivity contribution in [3.05, 3.63) is 6.33 Å². The number of nitrogens with zero attached hydrogens (tertiary/aromatic N) is 2. The second kappa shape index (κ2) is 5.28. The van der Waals surface area contributed by atoms with Crippen LogP contribution >= 0.6 is 0 Å². The standard InChI is InChI=1S/C8H16N4O3S/c1-12-6-10-7(9)8(12)16(14,15)11-4-2-3-5-13/h6,11,13H,2-5,9H2,1H3. The molecule has 0 aliphatic heterocycles. The van der Waals surface area contributed by atoms with Gasteiger partial charge in [0.25, 0.3) is 10.0 Å². The first-order chi connectivity index (χ1) is 7.49. The topological polar surface area (TPSA) is 110 Å². The number of nitrogens with one attached hydrogen (secondary N) is 1. The van der Waals surface area contributed by atoms with E-state index in [9.17, 15) is 8.42 Å². The van der Waals surface area contributed by atoms with Crippen molar-refractivity contribution >= 4 is 15.8 Å². The molecule has 0 aliphatic carbocycles. The van der Waals surface area contributed by atoms with E-state index in [1.54, 1.807) is 7.05 Å². The summed E-state index contributed by atoms with van der Waals surface area (Å²) in [6.45, 7) is 0.323. The van der Waals surface area contributed by atoms with Crippen LogP contribution in [0.25, 0.3) is 0 Å². The molecule has 92 valence electrons. The molecule has 0 saturated heterocycles. The molecule has 0 atom stereocenters. The predicted molar refractivity (Wildman–Crippen MR) is 59.1 cm³/mol. The lowest BCUT2D eigenvalue weighted by molar-refractivity contribution is 0.285. The Morgan fingerprint density at radius 1 is 1.56 bits per heavy atom. The van der Waals surface area contributed by atoms with Crippen molar-refractivity contribution in [2.45, 2.75) is 17.9 Å². The van der Waals surface area contributed by atoms with E-state index in [-0.39, 0.29) is 24.0 Å². The first kappa shape index (κ1) is 12.9. The number of aliphatic hydroxyl groups excluding tert-OH is 1. The average Bonchev–Trinajstić information content (AvgIpc) is 2.54. The lowest BCUT2D eigenvalue weighted by Crippen LogP contribution is -2.27. The van der Waals surface area contributed by atoms with E-state index in [0.29, 0.717) is 12.8 Å². The van der Waals surface area contributed by atoms with E-state index >= 15 is 0 Å². The fourth-order valence-electron chi connectivity index (χ4n) is 1.28. The van der Waals surface area contributed by atoms with Crippen molar-refractivity contribution in [3.8, 4) is 0 Å². The van der Waals surface area contributed by atoms with Crippen LogP contribution in [0, 0.1) is 0 Å². The molecular formula is C8H16N4O3S. The molecule has 0 aromatic carbocycles. The number of anilines is 1. The maximum atomic E-state index is 11.8. The number of aliphatic hydroxyl groups is 1. The second-order valence-electron chi connectivity index (χ2n) is 3.37. The molecule has 7 nitrogen and oxygen atoms in total. The first-order valence-corrected chi connectivity index (χ1v) is 6.34. The molecule has 0 spiro atoms. The summed E-state index contributed by atoms with van der Waals surface area (Å²) in [7, 11) is -2.05. The zero-order valence-corrected chi connectivity index (χ0v) is 9.87. The highest BCUT2D eigenvalue weighted by Crippen LogP contribution is 2.14. The van der Waals surface area contributed by atoms with Gasteiger partial charge in [-0.25, -0.2) is 18.1 Å². The van der Waals surface area contributed by atoms with Crippen LogP contribution in [-0.4, -0.2) is 36.2 Å². The van der Waals surface area contributed by atoms with E-state index in [2.05, 4.69) is 9.71 Å². The number of unbranched alkanes of at least 4 members (excludes halogenated alkanes) is 1. The normalized spacial score (nSPS) is 11.9.